The molecule has 2 N–H and O–H groups in total. The molecule has 7 heteroatoms. The van der Waals surface area contributed by atoms with E-state index in [9.17, 15) is 16.8 Å². The highest BCUT2D eigenvalue weighted by molar-refractivity contribution is 7.95. The molecular formula is C12H19NO4S2. The molecule has 0 fully saturated rings. The third-order valence-electron chi connectivity index (χ3n) is 2.81. The van der Waals surface area contributed by atoms with Crippen LogP contribution in [0.15, 0.2) is 29.2 Å². The molecule has 0 saturated carbocycles. The van der Waals surface area contributed by atoms with Gasteiger partial charge in [0.15, 0.2) is 19.7 Å². The lowest BCUT2D eigenvalue weighted by atomic mass is 10.3. The fourth-order valence-corrected chi connectivity index (χ4v) is 4.70. The van der Waals surface area contributed by atoms with Gasteiger partial charge >= 0.3 is 0 Å². The van der Waals surface area contributed by atoms with Crippen molar-refractivity contribution in [2.75, 3.05) is 17.2 Å². The molecule has 0 amide bonds. The number of para-hydroxylation sites is 1. The molecule has 0 heterocycles. The summed E-state index contributed by atoms with van der Waals surface area (Å²) in [7, 11) is -7.16. The first-order valence-electron chi connectivity index (χ1n) is 5.77. The predicted molar refractivity (Wildman–Crippen MR) is 76.4 cm³/mol. The minimum absolute atomic E-state index is 0.0147. The van der Waals surface area contributed by atoms with Crippen molar-refractivity contribution in [1.82, 2.24) is 0 Å². The molecule has 1 aromatic rings. The average Bonchev–Trinajstić information content (AvgIpc) is 2.25. The van der Waals surface area contributed by atoms with Crippen molar-refractivity contribution < 1.29 is 16.8 Å². The molecule has 19 heavy (non-hydrogen) atoms. The van der Waals surface area contributed by atoms with Gasteiger partial charge in [0.2, 0.25) is 0 Å². The van der Waals surface area contributed by atoms with Crippen LogP contribution in [0.25, 0.3) is 0 Å². The lowest BCUT2D eigenvalue weighted by Crippen LogP contribution is -2.33. The number of hydrogen-bond donors (Lipinski definition) is 1. The first-order chi connectivity index (χ1) is 8.47. The van der Waals surface area contributed by atoms with Gasteiger partial charge in [0.25, 0.3) is 0 Å². The second kappa shape index (κ2) is 5.13. The monoisotopic (exact) mass is 305 g/mol. The SMILES string of the molecule is CC(C)(C)S(=O)(=O)CCS(=O)(=O)c1ccccc1N. The average molecular weight is 305 g/mol. The maximum Gasteiger partial charge on any atom is 0.181 e. The largest absolute Gasteiger partial charge is 0.398 e. The maximum atomic E-state index is 12.1. The number of nitrogens with two attached hydrogens (primary N) is 1. The topological polar surface area (TPSA) is 94.3 Å². The zero-order valence-electron chi connectivity index (χ0n) is 11.3. The number of benzene rings is 1. The molecule has 0 atom stereocenters. The van der Waals surface area contributed by atoms with Crippen LogP contribution in [0.2, 0.25) is 0 Å². The molecule has 0 aliphatic carbocycles. The van der Waals surface area contributed by atoms with Crippen molar-refractivity contribution in [2.45, 2.75) is 30.4 Å². The minimum atomic E-state index is -3.69. The van der Waals surface area contributed by atoms with Crippen LogP contribution in [-0.4, -0.2) is 33.1 Å². The standard InChI is InChI=1S/C12H19NO4S2/c1-12(2,3)19(16,17)9-8-18(14,15)11-7-5-4-6-10(11)13/h4-7H,8-9,13H2,1-3H3. The Labute approximate surface area is 114 Å². The molecule has 1 aromatic carbocycles. The van der Waals surface area contributed by atoms with Crippen molar-refractivity contribution in [3.05, 3.63) is 24.3 Å². The number of rotatable bonds is 4. The predicted octanol–water partition coefficient (Wildman–Crippen LogP) is 1.26. The zero-order valence-corrected chi connectivity index (χ0v) is 12.9. The van der Waals surface area contributed by atoms with Gasteiger partial charge in [-0.15, -0.1) is 0 Å². The first-order valence-corrected chi connectivity index (χ1v) is 9.07. The molecule has 108 valence electrons. The molecule has 0 spiro atoms. The first kappa shape index (κ1) is 16.0. The third kappa shape index (κ3) is 3.70. The number of anilines is 1. The maximum absolute atomic E-state index is 12.1. The molecule has 0 aliphatic heterocycles. The molecule has 0 radical (unpaired) electrons. The van der Waals surface area contributed by atoms with Gasteiger partial charge in [-0.05, 0) is 32.9 Å². The number of sulfone groups is 2. The Hall–Kier alpha value is -1.08. The highest BCUT2D eigenvalue weighted by atomic mass is 32.2. The van der Waals surface area contributed by atoms with Crippen molar-refractivity contribution in [1.29, 1.82) is 0 Å². The fraction of sp³-hybridized carbons (Fsp3) is 0.500. The summed E-state index contributed by atoms with van der Waals surface area (Å²) < 4.78 is 47.0. The van der Waals surface area contributed by atoms with E-state index in [0.29, 0.717) is 0 Å². The summed E-state index contributed by atoms with van der Waals surface area (Å²) in [4.78, 5) is -0.0147. The van der Waals surface area contributed by atoms with Crippen LogP contribution >= 0.6 is 0 Å². The third-order valence-corrected chi connectivity index (χ3v) is 7.46. The summed E-state index contributed by atoms with van der Waals surface area (Å²) in [6, 6.07) is 6.04. The molecule has 0 aromatic heterocycles. The Kier molecular flexibility index (Phi) is 4.31. The van der Waals surface area contributed by atoms with E-state index in [4.69, 9.17) is 5.73 Å². The lowest BCUT2D eigenvalue weighted by Gasteiger charge is -2.19. The highest BCUT2D eigenvalue weighted by Gasteiger charge is 2.31. The molecule has 0 bridgehead atoms. The van der Waals surface area contributed by atoms with Gasteiger partial charge in [-0.1, -0.05) is 12.1 Å². The van der Waals surface area contributed by atoms with Gasteiger partial charge in [0, 0.05) is 0 Å². The summed E-state index contributed by atoms with van der Waals surface area (Å²) in [6.45, 7) is 4.64. The Morgan fingerprint density at radius 1 is 1.00 bits per heavy atom. The summed E-state index contributed by atoms with van der Waals surface area (Å²) in [5, 5.41) is 0. The van der Waals surface area contributed by atoms with Crippen LogP contribution in [-0.2, 0) is 19.7 Å². The molecule has 0 aliphatic rings. The van der Waals surface area contributed by atoms with E-state index in [1.54, 1.807) is 32.9 Å². The van der Waals surface area contributed by atoms with Gasteiger partial charge in [-0.25, -0.2) is 16.8 Å². The number of hydrogen-bond acceptors (Lipinski definition) is 5. The van der Waals surface area contributed by atoms with E-state index in [1.165, 1.54) is 12.1 Å². The van der Waals surface area contributed by atoms with Crippen molar-refractivity contribution in [3.63, 3.8) is 0 Å². The second-order valence-corrected chi connectivity index (χ2v) is 10.2. The fourth-order valence-electron chi connectivity index (χ4n) is 1.40. The van der Waals surface area contributed by atoms with Gasteiger partial charge in [-0.2, -0.15) is 0 Å². The molecule has 5 nitrogen and oxygen atoms in total. The normalized spacial score (nSPS) is 13.4. The summed E-state index contributed by atoms with van der Waals surface area (Å²) in [6.07, 6.45) is 0. The van der Waals surface area contributed by atoms with Crippen LogP contribution in [0.3, 0.4) is 0 Å². The summed E-state index contributed by atoms with van der Waals surface area (Å²) in [5.41, 5.74) is 5.74. The molecule has 0 unspecified atom stereocenters. The van der Waals surface area contributed by atoms with Crippen molar-refractivity contribution in [2.24, 2.45) is 0 Å². The van der Waals surface area contributed by atoms with E-state index in [-0.39, 0.29) is 10.6 Å². The van der Waals surface area contributed by atoms with Gasteiger partial charge in [-0.3, -0.25) is 0 Å². The number of nitrogen functional groups attached to an aromatic ring is 1. The quantitative estimate of drug-likeness (QED) is 0.845. The van der Waals surface area contributed by atoms with E-state index in [2.05, 4.69) is 0 Å². The summed E-state index contributed by atoms with van der Waals surface area (Å²) in [5.74, 6) is -0.867. The van der Waals surface area contributed by atoms with Crippen LogP contribution in [0.5, 0.6) is 0 Å². The van der Waals surface area contributed by atoms with Crippen molar-refractivity contribution >= 4 is 25.4 Å². The Morgan fingerprint density at radius 3 is 2.00 bits per heavy atom. The van der Waals surface area contributed by atoms with E-state index in [0.717, 1.165) is 0 Å². The summed E-state index contributed by atoms with van der Waals surface area (Å²) >= 11 is 0. The van der Waals surface area contributed by atoms with Crippen molar-refractivity contribution in [3.8, 4) is 0 Å². The molecular weight excluding hydrogens is 286 g/mol. The van der Waals surface area contributed by atoms with E-state index >= 15 is 0 Å². The molecule has 1 rings (SSSR count). The Balaban J connectivity index is 2.99. The van der Waals surface area contributed by atoms with E-state index < -0.39 is 35.9 Å². The van der Waals surface area contributed by atoms with Gasteiger partial charge < -0.3 is 5.73 Å². The van der Waals surface area contributed by atoms with Crippen LogP contribution in [0.1, 0.15) is 20.8 Å². The van der Waals surface area contributed by atoms with E-state index in [1.807, 2.05) is 0 Å². The highest BCUT2D eigenvalue weighted by Crippen LogP contribution is 2.21. The Bertz CT molecular complexity index is 655. The van der Waals surface area contributed by atoms with Crippen LogP contribution in [0, 0.1) is 0 Å². The Morgan fingerprint density at radius 2 is 1.53 bits per heavy atom. The van der Waals surface area contributed by atoms with Gasteiger partial charge in [0.1, 0.15) is 0 Å². The lowest BCUT2D eigenvalue weighted by molar-refractivity contribution is 0.559. The smallest absolute Gasteiger partial charge is 0.181 e. The van der Waals surface area contributed by atoms with Crippen LogP contribution < -0.4 is 5.73 Å². The van der Waals surface area contributed by atoms with Crippen LogP contribution in [0.4, 0.5) is 5.69 Å². The molecule has 0 saturated heterocycles. The van der Waals surface area contributed by atoms with Gasteiger partial charge in [0.05, 0.1) is 26.8 Å². The zero-order chi connectivity index (χ0) is 14.9. The minimum Gasteiger partial charge on any atom is -0.398 e. The second-order valence-electron chi connectivity index (χ2n) is 5.29.